The van der Waals surface area contributed by atoms with E-state index in [1.807, 2.05) is 0 Å². The summed E-state index contributed by atoms with van der Waals surface area (Å²) >= 11 is 0. The molecule has 0 atom stereocenters. The maximum absolute atomic E-state index is 8.93. The van der Waals surface area contributed by atoms with Crippen molar-refractivity contribution in [1.82, 2.24) is 4.98 Å². The third-order valence-electron chi connectivity index (χ3n) is 1.16. The molecule has 1 aromatic rings. The topological polar surface area (TPSA) is 73.6 Å². The van der Waals surface area contributed by atoms with Crippen LogP contribution in [0.1, 0.15) is 5.56 Å². The summed E-state index contributed by atoms with van der Waals surface area (Å²) in [6, 6.07) is 1.43. The molecule has 0 fully saturated rings. The van der Waals surface area contributed by atoms with Gasteiger partial charge in [0.15, 0.2) is 5.75 Å². The Morgan fingerprint density at radius 1 is 1.40 bits per heavy atom. The monoisotopic (exact) mass is 141 g/mol. The van der Waals surface area contributed by atoms with Crippen LogP contribution in [0.15, 0.2) is 12.3 Å². The third kappa shape index (κ3) is 1.01. The van der Waals surface area contributed by atoms with Gasteiger partial charge in [-0.2, -0.15) is 0 Å². The van der Waals surface area contributed by atoms with Crippen LogP contribution in [0.4, 0.5) is 0 Å². The van der Waals surface area contributed by atoms with Crippen molar-refractivity contribution < 1.29 is 15.3 Å². The van der Waals surface area contributed by atoms with Crippen LogP contribution in [0, 0.1) is 0 Å². The van der Waals surface area contributed by atoms with Crippen molar-refractivity contribution in [3.05, 3.63) is 17.8 Å². The number of aromatic nitrogens is 1. The maximum atomic E-state index is 8.93. The number of hydrogen-bond acceptors (Lipinski definition) is 4. The largest absolute Gasteiger partial charge is 0.503 e. The first kappa shape index (κ1) is 6.82. The summed E-state index contributed by atoms with van der Waals surface area (Å²) in [5, 5.41) is 26.2. The number of pyridine rings is 1. The first-order valence-electron chi connectivity index (χ1n) is 2.72. The maximum Gasteiger partial charge on any atom is 0.254 e. The van der Waals surface area contributed by atoms with E-state index in [0.29, 0.717) is 0 Å². The Hall–Kier alpha value is -1.29. The lowest BCUT2D eigenvalue weighted by atomic mass is 10.2. The average molecular weight is 141 g/mol. The molecule has 0 saturated carbocycles. The van der Waals surface area contributed by atoms with Gasteiger partial charge in [-0.05, 0) is 6.07 Å². The van der Waals surface area contributed by atoms with Crippen LogP contribution >= 0.6 is 0 Å². The molecule has 0 saturated heterocycles. The standard InChI is InChI=1S/C6H7NO3/c8-3-4-1-2-7-6(10)5(4)9/h1-2,8-9H,3H2,(H,7,10). The van der Waals surface area contributed by atoms with Crippen LogP contribution in [-0.4, -0.2) is 20.3 Å². The number of rotatable bonds is 1. The zero-order valence-electron chi connectivity index (χ0n) is 5.15. The van der Waals surface area contributed by atoms with Crippen molar-refractivity contribution in [3.63, 3.8) is 0 Å². The molecule has 54 valence electrons. The molecular formula is C6H7NO3. The third-order valence-corrected chi connectivity index (χ3v) is 1.16. The van der Waals surface area contributed by atoms with Gasteiger partial charge in [-0.1, -0.05) is 0 Å². The van der Waals surface area contributed by atoms with Gasteiger partial charge in [-0.25, -0.2) is 4.98 Å². The van der Waals surface area contributed by atoms with Gasteiger partial charge in [0, 0.05) is 11.8 Å². The van der Waals surface area contributed by atoms with Gasteiger partial charge in [-0.15, -0.1) is 0 Å². The van der Waals surface area contributed by atoms with Crippen LogP contribution in [0.2, 0.25) is 0 Å². The van der Waals surface area contributed by atoms with E-state index in [2.05, 4.69) is 4.98 Å². The fourth-order valence-electron chi connectivity index (χ4n) is 0.609. The van der Waals surface area contributed by atoms with E-state index in [1.165, 1.54) is 12.3 Å². The number of nitrogens with zero attached hydrogens (tertiary/aromatic N) is 1. The second kappa shape index (κ2) is 2.53. The first-order valence-corrected chi connectivity index (χ1v) is 2.72. The molecule has 0 radical (unpaired) electrons. The highest BCUT2D eigenvalue weighted by molar-refractivity contribution is 5.38. The van der Waals surface area contributed by atoms with E-state index in [1.54, 1.807) is 0 Å². The van der Waals surface area contributed by atoms with Crippen LogP contribution in [-0.2, 0) is 6.61 Å². The minimum atomic E-state index is -0.452. The highest BCUT2D eigenvalue weighted by Gasteiger charge is 2.04. The minimum Gasteiger partial charge on any atom is -0.503 e. The molecule has 10 heavy (non-hydrogen) atoms. The molecule has 0 bridgehead atoms. The molecule has 3 N–H and O–H groups in total. The Kier molecular flexibility index (Phi) is 1.73. The highest BCUT2D eigenvalue weighted by atomic mass is 16.3. The van der Waals surface area contributed by atoms with Gasteiger partial charge in [0.05, 0.1) is 6.61 Å². The number of aliphatic hydroxyl groups excluding tert-OH is 1. The highest BCUT2D eigenvalue weighted by Crippen LogP contribution is 2.24. The number of aromatic hydroxyl groups is 2. The summed E-state index contributed by atoms with van der Waals surface area (Å²) < 4.78 is 0. The summed E-state index contributed by atoms with van der Waals surface area (Å²) in [6.07, 6.45) is 1.31. The molecule has 0 aliphatic heterocycles. The molecule has 0 aliphatic rings. The van der Waals surface area contributed by atoms with E-state index < -0.39 is 5.88 Å². The van der Waals surface area contributed by atoms with Crippen molar-refractivity contribution in [2.45, 2.75) is 6.61 Å². The molecule has 4 heteroatoms. The van der Waals surface area contributed by atoms with E-state index >= 15 is 0 Å². The summed E-state index contributed by atoms with van der Waals surface area (Å²) in [5.41, 5.74) is 0.271. The lowest BCUT2D eigenvalue weighted by molar-refractivity contribution is 0.272. The van der Waals surface area contributed by atoms with E-state index in [0.717, 1.165) is 0 Å². The molecule has 0 unspecified atom stereocenters. The van der Waals surface area contributed by atoms with E-state index in [-0.39, 0.29) is 17.9 Å². The summed E-state index contributed by atoms with van der Waals surface area (Å²) in [7, 11) is 0. The number of aliphatic hydroxyl groups is 1. The van der Waals surface area contributed by atoms with Gasteiger partial charge in [-0.3, -0.25) is 0 Å². The minimum absolute atomic E-state index is 0.271. The van der Waals surface area contributed by atoms with Crippen molar-refractivity contribution in [2.75, 3.05) is 0 Å². The summed E-state index contributed by atoms with van der Waals surface area (Å²) in [5.74, 6) is -0.809. The quantitative estimate of drug-likeness (QED) is 0.514. The normalized spacial score (nSPS) is 9.70. The molecule has 1 aromatic heterocycles. The van der Waals surface area contributed by atoms with E-state index in [9.17, 15) is 0 Å². The van der Waals surface area contributed by atoms with Crippen LogP contribution < -0.4 is 0 Å². The Bertz CT molecular complexity index is 236. The Morgan fingerprint density at radius 3 is 2.60 bits per heavy atom. The Labute approximate surface area is 57.4 Å². The van der Waals surface area contributed by atoms with Crippen molar-refractivity contribution in [2.24, 2.45) is 0 Å². The zero-order chi connectivity index (χ0) is 7.56. The van der Waals surface area contributed by atoms with Gasteiger partial charge in [0.25, 0.3) is 5.88 Å². The average Bonchev–Trinajstić information content (AvgIpc) is 1.95. The number of hydrogen-bond donors (Lipinski definition) is 3. The molecule has 4 nitrogen and oxygen atoms in total. The first-order chi connectivity index (χ1) is 4.75. The van der Waals surface area contributed by atoms with Gasteiger partial charge < -0.3 is 15.3 Å². The molecule has 0 amide bonds. The van der Waals surface area contributed by atoms with Crippen molar-refractivity contribution >= 4 is 0 Å². The molecular weight excluding hydrogens is 134 g/mol. The predicted octanol–water partition coefficient (Wildman–Crippen LogP) is -0.0149. The lowest BCUT2D eigenvalue weighted by Gasteiger charge is -1.99. The second-order valence-electron chi connectivity index (χ2n) is 1.80. The Balaban J connectivity index is 3.14. The molecule has 0 spiro atoms. The summed E-state index contributed by atoms with van der Waals surface area (Å²) in [4.78, 5) is 3.38. The van der Waals surface area contributed by atoms with Crippen molar-refractivity contribution in [1.29, 1.82) is 0 Å². The van der Waals surface area contributed by atoms with Gasteiger partial charge in [0.1, 0.15) is 0 Å². The predicted molar refractivity (Wildman–Crippen MR) is 33.5 cm³/mol. The smallest absolute Gasteiger partial charge is 0.254 e. The van der Waals surface area contributed by atoms with Crippen LogP contribution in [0.5, 0.6) is 11.6 Å². The second-order valence-corrected chi connectivity index (χ2v) is 1.80. The Morgan fingerprint density at radius 2 is 2.10 bits per heavy atom. The van der Waals surface area contributed by atoms with E-state index in [4.69, 9.17) is 15.3 Å². The molecule has 0 aromatic carbocycles. The van der Waals surface area contributed by atoms with Crippen molar-refractivity contribution in [3.8, 4) is 11.6 Å². The van der Waals surface area contributed by atoms with Crippen LogP contribution in [0.25, 0.3) is 0 Å². The molecule has 1 heterocycles. The SMILES string of the molecule is OCc1ccnc(O)c1O. The fourth-order valence-corrected chi connectivity index (χ4v) is 0.609. The zero-order valence-corrected chi connectivity index (χ0v) is 5.15. The fraction of sp³-hybridized carbons (Fsp3) is 0.167. The molecule has 1 rings (SSSR count). The van der Waals surface area contributed by atoms with Crippen LogP contribution in [0.3, 0.4) is 0 Å². The molecule has 0 aliphatic carbocycles. The lowest BCUT2D eigenvalue weighted by Crippen LogP contribution is -1.85. The summed E-state index contributed by atoms with van der Waals surface area (Å²) in [6.45, 7) is -0.304. The van der Waals surface area contributed by atoms with Gasteiger partial charge >= 0.3 is 0 Å². The van der Waals surface area contributed by atoms with Gasteiger partial charge in [0.2, 0.25) is 0 Å².